The average molecular weight is 179 g/mol. The highest BCUT2D eigenvalue weighted by Crippen LogP contribution is 2.05. The van der Waals surface area contributed by atoms with E-state index in [4.69, 9.17) is 5.73 Å². The molecule has 0 saturated carbocycles. The summed E-state index contributed by atoms with van der Waals surface area (Å²) in [6.07, 6.45) is 3.39. The molecule has 4 heteroatoms. The molecule has 0 radical (unpaired) electrons. The van der Waals surface area contributed by atoms with Crippen LogP contribution in [0.25, 0.3) is 0 Å². The van der Waals surface area contributed by atoms with Crippen LogP contribution in [0.5, 0.6) is 0 Å². The predicted molar refractivity (Wildman–Crippen MR) is 49.8 cm³/mol. The van der Waals surface area contributed by atoms with Crippen molar-refractivity contribution in [3.8, 4) is 0 Å². The molecular formula is C9H13N3O. The van der Waals surface area contributed by atoms with Gasteiger partial charge in [-0.1, -0.05) is 6.07 Å². The summed E-state index contributed by atoms with van der Waals surface area (Å²) in [6, 6.07) is 3.53. The molecule has 1 heterocycles. The van der Waals surface area contributed by atoms with Gasteiger partial charge in [0.25, 0.3) is 0 Å². The van der Waals surface area contributed by atoms with E-state index in [9.17, 15) is 4.79 Å². The van der Waals surface area contributed by atoms with Crippen LogP contribution in [0.4, 0.5) is 0 Å². The molecule has 0 spiro atoms. The molecule has 4 nitrogen and oxygen atoms in total. The Kier molecular flexibility index (Phi) is 3.40. The Hall–Kier alpha value is -1.42. The molecule has 0 bridgehead atoms. The summed E-state index contributed by atoms with van der Waals surface area (Å²) in [5.41, 5.74) is 6.72. The molecule has 0 aliphatic heterocycles. The Morgan fingerprint density at radius 3 is 3.08 bits per heavy atom. The van der Waals surface area contributed by atoms with Crippen molar-refractivity contribution in [3.63, 3.8) is 0 Å². The lowest BCUT2D eigenvalue weighted by atomic mass is 10.1. The van der Waals surface area contributed by atoms with Crippen LogP contribution in [-0.4, -0.2) is 17.4 Å². The molecule has 0 aliphatic rings. The SMILES string of the molecule is CC(=O)NCC(N)c1cccnc1. The quantitative estimate of drug-likeness (QED) is 0.697. The van der Waals surface area contributed by atoms with E-state index in [0.29, 0.717) is 6.54 Å². The minimum Gasteiger partial charge on any atom is -0.354 e. The Morgan fingerprint density at radius 2 is 2.54 bits per heavy atom. The first kappa shape index (κ1) is 9.67. The second-order valence-corrected chi connectivity index (χ2v) is 2.83. The number of amides is 1. The van der Waals surface area contributed by atoms with Gasteiger partial charge in [-0.25, -0.2) is 0 Å². The monoisotopic (exact) mass is 179 g/mol. The number of hydrogen-bond acceptors (Lipinski definition) is 3. The standard InChI is InChI=1S/C9H13N3O/c1-7(13)12-6-9(10)8-3-2-4-11-5-8/h2-5,9H,6,10H2,1H3,(H,12,13). The fourth-order valence-electron chi connectivity index (χ4n) is 0.967. The number of pyridine rings is 1. The molecule has 0 aliphatic carbocycles. The highest BCUT2D eigenvalue weighted by atomic mass is 16.1. The van der Waals surface area contributed by atoms with Gasteiger partial charge < -0.3 is 11.1 Å². The Morgan fingerprint density at radius 1 is 1.77 bits per heavy atom. The molecule has 13 heavy (non-hydrogen) atoms. The third-order valence-electron chi connectivity index (χ3n) is 1.68. The molecule has 70 valence electrons. The number of aromatic nitrogens is 1. The van der Waals surface area contributed by atoms with Crippen LogP contribution in [0.1, 0.15) is 18.5 Å². The summed E-state index contributed by atoms with van der Waals surface area (Å²) < 4.78 is 0. The Balaban J connectivity index is 2.49. The first-order chi connectivity index (χ1) is 6.20. The maximum atomic E-state index is 10.6. The van der Waals surface area contributed by atoms with Gasteiger partial charge in [-0.15, -0.1) is 0 Å². The van der Waals surface area contributed by atoms with Crippen molar-refractivity contribution in [2.45, 2.75) is 13.0 Å². The van der Waals surface area contributed by atoms with Crippen LogP contribution in [-0.2, 0) is 4.79 Å². The minimum atomic E-state index is -0.183. The maximum Gasteiger partial charge on any atom is 0.216 e. The summed E-state index contributed by atoms with van der Waals surface area (Å²) >= 11 is 0. The van der Waals surface area contributed by atoms with Crippen molar-refractivity contribution in [2.24, 2.45) is 5.73 Å². The van der Waals surface area contributed by atoms with Gasteiger partial charge in [0.2, 0.25) is 5.91 Å². The number of nitrogens with two attached hydrogens (primary N) is 1. The predicted octanol–water partition coefficient (Wildman–Crippen LogP) is 0.217. The summed E-state index contributed by atoms with van der Waals surface area (Å²) in [4.78, 5) is 14.5. The number of carbonyl (C=O) groups is 1. The Labute approximate surface area is 77.2 Å². The third-order valence-corrected chi connectivity index (χ3v) is 1.68. The lowest BCUT2D eigenvalue weighted by Crippen LogP contribution is -2.30. The Bertz CT molecular complexity index is 273. The summed E-state index contributed by atoms with van der Waals surface area (Å²) in [5, 5.41) is 2.65. The molecule has 0 aromatic carbocycles. The van der Waals surface area contributed by atoms with E-state index < -0.39 is 0 Å². The number of hydrogen-bond donors (Lipinski definition) is 2. The molecule has 1 atom stereocenters. The van der Waals surface area contributed by atoms with Crippen LogP contribution in [0.2, 0.25) is 0 Å². The van der Waals surface area contributed by atoms with Crippen molar-refractivity contribution in [3.05, 3.63) is 30.1 Å². The second-order valence-electron chi connectivity index (χ2n) is 2.83. The van der Waals surface area contributed by atoms with E-state index >= 15 is 0 Å². The molecule has 1 aromatic heterocycles. The average Bonchev–Trinajstić information content (AvgIpc) is 2.15. The van der Waals surface area contributed by atoms with Crippen molar-refractivity contribution < 1.29 is 4.79 Å². The van der Waals surface area contributed by atoms with Gasteiger partial charge >= 0.3 is 0 Å². The van der Waals surface area contributed by atoms with E-state index in [2.05, 4.69) is 10.3 Å². The van der Waals surface area contributed by atoms with Crippen LogP contribution in [0.15, 0.2) is 24.5 Å². The second kappa shape index (κ2) is 4.57. The molecular weight excluding hydrogens is 166 g/mol. The lowest BCUT2D eigenvalue weighted by Gasteiger charge is -2.11. The largest absolute Gasteiger partial charge is 0.354 e. The van der Waals surface area contributed by atoms with Gasteiger partial charge in [-0.3, -0.25) is 9.78 Å². The zero-order chi connectivity index (χ0) is 9.68. The first-order valence-electron chi connectivity index (χ1n) is 4.10. The van der Waals surface area contributed by atoms with Gasteiger partial charge in [0.05, 0.1) is 0 Å². The van der Waals surface area contributed by atoms with Crippen molar-refractivity contribution in [2.75, 3.05) is 6.54 Å². The molecule has 1 aromatic rings. The molecule has 1 rings (SSSR count). The number of nitrogens with one attached hydrogen (secondary N) is 1. The third kappa shape index (κ3) is 3.21. The summed E-state index contributed by atoms with van der Waals surface area (Å²) in [6.45, 7) is 1.91. The lowest BCUT2D eigenvalue weighted by molar-refractivity contribution is -0.119. The van der Waals surface area contributed by atoms with E-state index in [1.165, 1.54) is 6.92 Å². The van der Waals surface area contributed by atoms with Gasteiger partial charge in [-0.2, -0.15) is 0 Å². The topological polar surface area (TPSA) is 68.0 Å². The van der Waals surface area contributed by atoms with Crippen molar-refractivity contribution in [1.29, 1.82) is 0 Å². The van der Waals surface area contributed by atoms with Crippen LogP contribution in [0.3, 0.4) is 0 Å². The number of carbonyl (C=O) groups excluding carboxylic acids is 1. The number of rotatable bonds is 3. The normalized spacial score (nSPS) is 12.2. The van der Waals surface area contributed by atoms with Crippen molar-refractivity contribution in [1.82, 2.24) is 10.3 Å². The molecule has 1 unspecified atom stereocenters. The highest BCUT2D eigenvalue weighted by molar-refractivity contribution is 5.72. The van der Waals surface area contributed by atoms with Crippen LogP contribution in [0, 0.1) is 0 Å². The minimum absolute atomic E-state index is 0.0701. The first-order valence-corrected chi connectivity index (χ1v) is 4.10. The number of nitrogens with zero attached hydrogens (tertiary/aromatic N) is 1. The van der Waals surface area contributed by atoms with Gasteiger partial charge in [0.15, 0.2) is 0 Å². The summed E-state index contributed by atoms with van der Waals surface area (Å²) in [7, 11) is 0. The molecule has 0 fully saturated rings. The van der Waals surface area contributed by atoms with E-state index in [1.807, 2.05) is 12.1 Å². The zero-order valence-corrected chi connectivity index (χ0v) is 7.53. The fraction of sp³-hybridized carbons (Fsp3) is 0.333. The maximum absolute atomic E-state index is 10.6. The van der Waals surface area contributed by atoms with Crippen molar-refractivity contribution >= 4 is 5.91 Å². The van der Waals surface area contributed by atoms with Gasteiger partial charge in [0.1, 0.15) is 0 Å². The summed E-state index contributed by atoms with van der Waals surface area (Å²) in [5.74, 6) is -0.0701. The molecule has 0 saturated heterocycles. The van der Waals surface area contributed by atoms with Gasteiger partial charge in [0, 0.05) is 31.9 Å². The smallest absolute Gasteiger partial charge is 0.216 e. The van der Waals surface area contributed by atoms with E-state index in [-0.39, 0.29) is 11.9 Å². The fourth-order valence-corrected chi connectivity index (χ4v) is 0.967. The van der Waals surface area contributed by atoms with Crippen LogP contribution >= 0.6 is 0 Å². The highest BCUT2D eigenvalue weighted by Gasteiger charge is 2.05. The van der Waals surface area contributed by atoms with E-state index in [0.717, 1.165) is 5.56 Å². The van der Waals surface area contributed by atoms with E-state index in [1.54, 1.807) is 12.4 Å². The molecule has 3 N–H and O–H groups in total. The van der Waals surface area contributed by atoms with Gasteiger partial charge in [-0.05, 0) is 11.6 Å². The zero-order valence-electron chi connectivity index (χ0n) is 7.53. The van der Waals surface area contributed by atoms with Crippen LogP contribution < -0.4 is 11.1 Å². The molecule has 1 amide bonds.